The second-order valence-corrected chi connectivity index (χ2v) is 4.54. The topological polar surface area (TPSA) is 25.8 Å². The molecule has 0 radical (unpaired) electrons. The van der Waals surface area contributed by atoms with Crippen LogP contribution in [-0.2, 0) is 0 Å². The van der Waals surface area contributed by atoms with Crippen LogP contribution in [0.15, 0.2) is 23.5 Å². The van der Waals surface area contributed by atoms with Crippen molar-refractivity contribution in [1.29, 1.82) is 0 Å². The van der Waals surface area contributed by atoms with Crippen molar-refractivity contribution in [3.8, 4) is 0 Å². The number of hydrogen-bond donors (Lipinski definition) is 0. The van der Waals surface area contributed by atoms with Gasteiger partial charge >= 0.3 is 0 Å². The van der Waals surface area contributed by atoms with Crippen molar-refractivity contribution in [3.63, 3.8) is 0 Å². The van der Waals surface area contributed by atoms with Crippen molar-refractivity contribution in [1.82, 2.24) is 10.2 Å². The number of rotatable bonds is 0. The van der Waals surface area contributed by atoms with E-state index in [0.717, 1.165) is 0 Å². The molecule has 72 valence electrons. The molecule has 0 N–H and O–H groups in total. The molecule has 2 heteroatoms. The molecular formula is C12H14N2. The maximum Gasteiger partial charge on any atom is 0.0537 e. The summed E-state index contributed by atoms with van der Waals surface area (Å²) in [6, 6.07) is 0. The van der Waals surface area contributed by atoms with Crippen LogP contribution in [0.2, 0.25) is 0 Å². The highest BCUT2D eigenvalue weighted by Gasteiger charge is 2.42. The summed E-state index contributed by atoms with van der Waals surface area (Å²) in [4.78, 5) is 0. The second kappa shape index (κ2) is 2.66. The van der Waals surface area contributed by atoms with Gasteiger partial charge in [0.2, 0.25) is 0 Å². The molecule has 0 spiro atoms. The lowest BCUT2D eigenvalue weighted by Crippen LogP contribution is -1.99. The number of aromatic nitrogens is 2. The van der Waals surface area contributed by atoms with Gasteiger partial charge in [0.15, 0.2) is 0 Å². The molecule has 1 fully saturated rings. The van der Waals surface area contributed by atoms with E-state index in [1.807, 2.05) is 12.4 Å². The third-order valence-corrected chi connectivity index (χ3v) is 3.62. The SMILES string of the molecule is CC(C)=C1C2CCC1c1cnncc12. The second-order valence-electron chi connectivity index (χ2n) is 4.54. The Bertz CT molecular complexity index is 383. The molecule has 14 heavy (non-hydrogen) atoms. The molecule has 2 unspecified atom stereocenters. The van der Waals surface area contributed by atoms with Gasteiger partial charge in [-0.25, -0.2) is 0 Å². The lowest BCUT2D eigenvalue weighted by molar-refractivity contribution is 0.704. The highest BCUT2D eigenvalue weighted by Crippen LogP contribution is 2.57. The highest BCUT2D eigenvalue weighted by molar-refractivity contribution is 5.52. The normalized spacial score (nSPS) is 28.0. The van der Waals surface area contributed by atoms with E-state index in [2.05, 4.69) is 24.0 Å². The van der Waals surface area contributed by atoms with Crippen LogP contribution in [0.25, 0.3) is 0 Å². The van der Waals surface area contributed by atoms with Crippen LogP contribution < -0.4 is 0 Å². The first-order valence-corrected chi connectivity index (χ1v) is 5.26. The van der Waals surface area contributed by atoms with Crippen molar-refractivity contribution in [2.75, 3.05) is 0 Å². The lowest BCUT2D eigenvalue weighted by Gasteiger charge is -2.11. The fourth-order valence-corrected chi connectivity index (χ4v) is 3.15. The van der Waals surface area contributed by atoms with Crippen molar-refractivity contribution in [2.24, 2.45) is 0 Å². The van der Waals surface area contributed by atoms with E-state index in [-0.39, 0.29) is 0 Å². The fraction of sp³-hybridized carbons (Fsp3) is 0.500. The van der Waals surface area contributed by atoms with Gasteiger partial charge in [-0.3, -0.25) is 0 Å². The zero-order chi connectivity index (χ0) is 9.71. The highest BCUT2D eigenvalue weighted by atomic mass is 15.1. The van der Waals surface area contributed by atoms with Crippen LogP contribution in [0.1, 0.15) is 49.7 Å². The number of nitrogens with zero attached hydrogens (tertiary/aromatic N) is 2. The average molecular weight is 186 g/mol. The van der Waals surface area contributed by atoms with Crippen molar-refractivity contribution < 1.29 is 0 Å². The van der Waals surface area contributed by atoms with Crippen LogP contribution in [0.4, 0.5) is 0 Å². The van der Waals surface area contributed by atoms with Crippen LogP contribution in [-0.4, -0.2) is 10.2 Å². The molecule has 1 aromatic rings. The molecule has 2 bridgehead atoms. The Morgan fingerprint density at radius 3 is 2.00 bits per heavy atom. The Morgan fingerprint density at radius 1 is 1.07 bits per heavy atom. The summed E-state index contributed by atoms with van der Waals surface area (Å²) < 4.78 is 0. The molecule has 0 saturated heterocycles. The molecule has 1 heterocycles. The minimum absolute atomic E-state index is 0.662. The van der Waals surface area contributed by atoms with E-state index in [9.17, 15) is 0 Å². The van der Waals surface area contributed by atoms with Gasteiger partial charge < -0.3 is 0 Å². The minimum Gasteiger partial charge on any atom is -0.159 e. The minimum atomic E-state index is 0.662. The summed E-state index contributed by atoms with van der Waals surface area (Å²) in [5.74, 6) is 1.32. The molecule has 3 rings (SSSR count). The number of fused-ring (bicyclic) bond motifs is 5. The van der Waals surface area contributed by atoms with E-state index >= 15 is 0 Å². The van der Waals surface area contributed by atoms with Gasteiger partial charge in [0.1, 0.15) is 0 Å². The van der Waals surface area contributed by atoms with Crippen LogP contribution in [0.3, 0.4) is 0 Å². The Labute approximate surface area is 84.1 Å². The molecule has 2 aliphatic carbocycles. The Balaban J connectivity index is 2.23. The van der Waals surface area contributed by atoms with E-state index in [0.29, 0.717) is 11.8 Å². The first-order chi connectivity index (χ1) is 6.79. The summed E-state index contributed by atoms with van der Waals surface area (Å²) in [7, 11) is 0. The summed E-state index contributed by atoms with van der Waals surface area (Å²) >= 11 is 0. The maximum absolute atomic E-state index is 4.00. The first kappa shape index (κ1) is 8.16. The molecule has 0 amide bonds. The molecule has 1 saturated carbocycles. The Hall–Kier alpha value is -1.18. The molecule has 2 aliphatic rings. The summed E-state index contributed by atoms with van der Waals surface area (Å²) in [5, 5.41) is 7.99. The predicted octanol–water partition coefficient (Wildman–Crippen LogP) is 2.79. The van der Waals surface area contributed by atoms with Crippen molar-refractivity contribution in [3.05, 3.63) is 34.7 Å². The first-order valence-electron chi connectivity index (χ1n) is 5.26. The van der Waals surface area contributed by atoms with Gasteiger partial charge in [-0.05, 0) is 37.8 Å². The molecule has 0 aromatic carbocycles. The summed E-state index contributed by atoms with van der Waals surface area (Å²) in [5.41, 5.74) is 6.02. The Kier molecular flexibility index (Phi) is 1.55. The summed E-state index contributed by atoms with van der Waals surface area (Å²) in [6.07, 6.45) is 6.54. The molecular weight excluding hydrogens is 172 g/mol. The van der Waals surface area contributed by atoms with Gasteiger partial charge in [-0.15, -0.1) is 0 Å². The predicted molar refractivity (Wildman–Crippen MR) is 55.1 cm³/mol. The number of hydrogen-bond acceptors (Lipinski definition) is 2. The van der Waals surface area contributed by atoms with Gasteiger partial charge in [-0.1, -0.05) is 11.1 Å². The largest absolute Gasteiger partial charge is 0.159 e. The molecule has 2 atom stereocenters. The monoisotopic (exact) mass is 186 g/mol. The van der Waals surface area contributed by atoms with Gasteiger partial charge in [0.05, 0.1) is 12.4 Å². The number of allylic oxidation sites excluding steroid dienone is 2. The van der Waals surface area contributed by atoms with Crippen molar-refractivity contribution in [2.45, 2.75) is 38.5 Å². The summed E-state index contributed by atoms with van der Waals surface area (Å²) in [6.45, 7) is 4.46. The average Bonchev–Trinajstić information content (AvgIpc) is 2.73. The zero-order valence-corrected chi connectivity index (χ0v) is 8.62. The van der Waals surface area contributed by atoms with E-state index in [1.165, 1.54) is 29.5 Å². The maximum atomic E-state index is 4.00. The van der Waals surface area contributed by atoms with Crippen LogP contribution in [0.5, 0.6) is 0 Å². The molecule has 1 aromatic heterocycles. The standard InChI is InChI=1S/C12H14N2/c1-7(2)12-8-3-4-9(12)11-6-14-13-5-10(8)11/h5-6,8-9H,3-4H2,1-2H3. The third-order valence-electron chi connectivity index (χ3n) is 3.62. The molecule has 2 nitrogen and oxygen atoms in total. The van der Waals surface area contributed by atoms with E-state index in [4.69, 9.17) is 0 Å². The van der Waals surface area contributed by atoms with E-state index < -0.39 is 0 Å². The smallest absolute Gasteiger partial charge is 0.0537 e. The molecule has 0 aliphatic heterocycles. The van der Waals surface area contributed by atoms with Gasteiger partial charge in [-0.2, -0.15) is 10.2 Å². The zero-order valence-electron chi connectivity index (χ0n) is 8.62. The van der Waals surface area contributed by atoms with E-state index in [1.54, 1.807) is 5.57 Å². The fourth-order valence-electron chi connectivity index (χ4n) is 3.15. The van der Waals surface area contributed by atoms with Gasteiger partial charge in [0, 0.05) is 11.8 Å². The van der Waals surface area contributed by atoms with Crippen LogP contribution >= 0.6 is 0 Å². The van der Waals surface area contributed by atoms with Crippen molar-refractivity contribution >= 4 is 0 Å². The van der Waals surface area contributed by atoms with Gasteiger partial charge in [0.25, 0.3) is 0 Å². The Morgan fingerprint density at radius 2 is 1.57 bits per heavy atom. The quantitative estimate of drug-likeness (QED) is 0.582. The third kappa shape index (κ3) is 0.861. The van der Waals surface area contributed by atoms with Crippen LogP contribution in [0, 0.1) is 0 Å². The lowest BCUT2D eigenvalue weighted by atomic mass is 9.95.